The van der Waals surface area contributed by atoms with Gasteiger partial charge >= 0.3 is 5.97 Å². The molecule has 0 unspecified atom stereocenters. The van der Waals surface area contributed by atoms with E-state index in [2.05, 4.69) is 5.32 Å². The molecule has 3 atom stereocenters. The van der Waals surface area contributed by atoms with E-state index < -0.39 is 17.9 Å². The quantitative estimate of drug-likeness (QED) is 0.627. The second-order valence-electron chi connectivity index (χ2n) is 8.36. The van der Waals surface area contributed by atoms with Crippen molar-refractivity contribution in [1.82, 2.24) is 10.2 Å². The van der Waals surface area contributed by atoms with E-state index in [-0.39, 0.29) is 30.5 Å². The van der Waals surface area contributed by atoms with Crippen LogP contribution in [0.1, 0.15) is 35.7 Å². The summed E-state index contributed by atoms with van der Waals surface area (Å²) in [5.74, 6) is -0.606. The molecule has 0 aromatic heterocycles. The fourth-order valence-corrected chi connectivity index (χ4v) is 4.29. The lowest BCUT2D eigenvalue weighted by Gasteiger charge is -2.24. The Hall–Kier alpha value is -3.39. The van der Waals surface area contributed by atoms with Crippen LogP contribution in [0.2, 0.25) is 0 Å². The summed E-state index contributed by atoms with van der Waals surface area (Å²) in [5, 5.41) is 12.0. The summed E-state index contributed by atoms with van der Waals surface area (Å²) in [6, 6.07) is 13.3. The number of hydrogen-bond donors (Lipinski definition) is 3. The van der Waals surface area contributed by atoms with Gasteiger partial charge in [0.2, 0.25) is 5.91 Å². The SMILES string of the molecule is C[C@@]12C[C@@H]1N(C(=O)CNC(=O)c1ccc(Oc3ccccc3)c(CN)c1)[C@H](C(=O)O)C2. The molecule has 162 valence electrons. The summed E-state index contributed by atoms with van der Waals surface area (Å²) < 4.78 is 5.83. The van der Waals surface area contributed by atoms with Gasteiger partial charge in [-0.3, -0.25) is 9.59 Å². The zero-order valence-corrected chi connectivity index (χ0v) is 17.2. The molecule has 1 heterocycles. The summed E-state index contributed by atoms with van der Waals surface area (Å²) in [5.41, 5.74) is 6.71. The number of hydrogen-bond acceptors (Lipinski definition) is 5. The number of piperidine rings is 1. The van der Waals surface area contributed by atoms with Crippen molar-refractivity contribution >= 4 is 17.8 Å². The van der Waals surface area contributed by atoms with Crippen LogP contribution in [0.15, 0.2) is 48.5 Å². The predicted molar refractivity (Wildman–Crippen MR) is 113 cm³/mol. The molecule has 2 aliphatic rings. The van der Waals surface area contributed by atoms with Gasteiger partial charge < -0.3 is 25.8 Å². The van der Waals surface area contributed by atoms with Crippen LogP contribution in [0.5, 0.6) is 11.5 Å². The van der Waals surface area contributed by atoms with E-state index in [4.69, 9.17) is 10.5 Å². The summed E-state index contributed by atoms with van der Waals surface area (Å²) in [6.07, 6.45) is 1.26. The Morgan fingerprint density at radius 1 is 1.19 bits per heavy atom. The number of nitrogens with zero attached hydrogens (tertiary/aromatic N) is 1. The van der Waals surface area contributed by atoms with Crippen molar-refractivity contribution in [3.05, 3.63) is 59.7 Å². The summed E-state index contributed by atoms with van der Waals surface area (Å²) >= 11 is 0. The maximum atomic E-state index is 12.7. The average Bonchev–Trinajstić information content (AvgIpc) is 3.33. The molecule has 8 nitrogen and oxygen atoms in total. The summed E-state index contributed by atoms with van der Waals surface area (Å²) in [6.45, 7) is 1.92. The first kappa shape index (κ1) is 20.9. The normalized spacial score (nSPS) is 23.7. The molecule has 4 rings (SSSR count). The first-order chi connectivity index (χ1) is 14.8. The molecule has 0 radical (unpaired) electrons. The first-order valence-corrected chi connectivity index (χ1v) is 10.2. The second kappa shape index (κ2) is 8.03. The van der Waals surface area contributed by atoms with Crippen molar-refractivity contribution in [2.24, 2.45) is 11.1 Å². The number of carbonyl (C=O) groups is 3. The number of fused-ring (bicyclic) bond motifs is 1. The van der Waals surface area contributed by atoms with Crippen LogP contribution in [0.4, 0.5) is 0 Å². The Labute approximate surface area is 180 Å². The fourth-order valence-electron chi connectivity index (χ4n) is 4.29. The molecular weight excluding hydrogens is 398 g/mol. The largest absolute Gasteiger partial charge is 0.480 e. The van der Waals surface area contributed by atoms with E-state index in [0.29, 0.717) is 29.0 Å². The molecule has 1 aliphatic heterocycles. The lowest BCUT2D eigenvalue weighted by Crippen LogP contribution is -2.47. The molecule has 2 aromatic rings. The highest BCUT2D eigenvalue weighted by atomic mass is 16.5. The molecule has 0 spiro atoms. The molecule has 1 saturated carbocycles. The van der Waals surface area contributed by atoms with Gasteiger partial charge in [-0.05, 0) is 48.6 Å². The van der Waals surface area contributed by atoms with Crippen LogP contribution >= 0.6 is 0 Å². The summed E-state index contributed by atoms with van der Waals surface area (Å²) in [7, 11) is 0. The minimum atomic E-state index is -1.00. The van der Waals surface area contributed by atoms with Crippen LogP contribution in [0.25, 0.3) is 0 Å². The maximum Gasteiger partial charge on any atom is 0.326 e. The molecular formula is C23H25N3O5. The van der Waals surface area contributed by atoms with Gasteiger partial charge in [0, 0.05) is 23.7 Å². The van der Waals surface area contributed by atoms with Crippen molar-refractivity contribution in [1.29, 1.82) is 0 Å². The standard InChI is InChI=1S/C23H25N3O5/c1-23-10-17(22(29)30)26(19(23)11-23)20(27)13-25-21(28)14-7-8-18(15(9-14)12-24)31-16-5-3-2-4-6-16/h2-9,17,19H,10-13,24H2,1H3,(H,25,28)(H,29,30)/t17-,19-,23+/m0/s1. The third kappa shape index (κ3) is 4.11. The fraction of sp³-hybridized carbons (Fsp3) is 0.348. The van der Waals surface area contributed by atoms with E-state index >= 15 is 0 Å². The van der Waals surface area contributed by atoms with Gasteiger partial charge in [-0.1, -0.05) is 25.1 Å². The lowest BCUT2D eigenvalue weighted by molar-refractivity contribution is -0.149. The first-order valence-electron chi connectivity index (χ1n) is 10.2. The Bertz CT molecular complexity index is 1030. The zero-order valence-electron chi connectivity index (χ0n) is 17.2. The number of rotatable bonds is 7. The van der Waals surface area contributed by atoms with E-state index in [9.17, 15) is 19.5 Å². The van der Waals surface area contributed by atoms with Crippen LogP contribution < -0.4 is 15.8 Å². The van der Waals surface area contributed by atoms with Crippen LogP contribution in [0, 0.1) is 5.41 Å². The number of nitrogens with two attached hydrogens (primary N) is 1. The third-order valence-corrected chi connectivity index (χ3v) is 6.12. The van der Waals surface area contributed by atoms with Crippen LogP contribution in [-0.2, 0) is 16.1 Å². The topological polar surface area (TPSA) is 122 Å². The molecule has 1 saturated heterocycles. The number of para-hydroxylation sites is 1. The highest BCUT2D eigenvalue weighted by molar-refractivity contribution is 5.97. The highest BCUT2D eigenvalue weighted by Gasteiger charge is 2.64. The number of benzene rings is 2. The van der Waals surface area contributed by atoms with Crippen molar-refractivity contribution in [2.75, 3.05) is 6.54 Å². The number of nitrogens with one attached hydrogen (secondary N) is 1. The zero-order chi connectivity index (χ0) is 22.2. The number of aliphatic carboxylic acids is 1. The van der Waals surface area contributed by atoms with E-state index in [1.165, 1.54) is 4.90 Å². The number of amides is 2. The van der Waals surface area contributed by atoms with Gasteiger partial charge in [0.15, 0.2) is 0 Å². The van der Waals surface area contributed by atoms with Gasteiger partial charge in [-0.2, -0.15) is 0 Å². The Morgan fingerprint density at radius 3 is 2.61 bits per heavy atom. The van der Waals surface area contributed by atoms with E-state index in [1.807, 2.05) is 37.3 Å². The monoisotopic (exact) mass is 423 g/mol. The molecule has 8 heteroatoms. The second-order valence-corrected chi connectivity index (χ2v) is 8.36. The maximum absolute atomic E-state index is 12.7. The molecule has 2 amide bonds. The van der Waals surface area contributed by atoms with Crippen molar-refractivity contribution in [2.45, 2.75) is 38.4 Å². The highest BCUT2D eigenvalue weighted by Crippen LogP contribution is 2.59. The molecule has 1 aliphatic carbocycles. The molecule has 2 aromatic carbocycles. The smallest absolute Gasteiger partial charge is 0.326 e. The number of ether oxygens (including phenoxy) is 1. The third-order valence-electron chi connectivity index (χ3n) is 6.12. The minimum absolute atomic E-state index is 0.0590. The number of likely N-dealkylation sites (tertiary alicyclic amines) is 1. The lowest BCUT2D eigenvalue weighted by atomic mass is 10.0. The van der Waals surface area contributed by atoms with Crippen molar-refractivity contribution < 1.29 is 24.2 Å². The van der Waals surface area contributed by atoms with Gasteiger partial charge in [0.1, 0.15) is 17.5 Å². The summed E-state index contributed by atoms with van der Waals surface area (Å²) in [4.78, 5) is 38.2. The van der Waals surface area contributed by atoms with E-state index in [1.54, 1.807) is 18.2 Å². The number of carboxylic acid groups (broad SMARTS) is 1. The van der Waals surface area contributed by atoms with Gasteiger partial charge in [0.25, 0.3) is 5.91 Å². The molecule has 4 N–H and O–H groups in total. The van der Waals surface area contributed by atoms with Crippen molar-refractivity contribution in [3.63, 3.8) is 0 Å². The van der Waals surface area contributed by atoms with Gasteiger partial charge in [-0.15, -0.1) is 0 Å². The minimum Gasteiger partial charge on any atom is -0.480 e. The molecule has 2 fully saturated rings. The number of carboxylic acids is 1. The molecule has 31 heavy (non-hydrogen) atoms. The van der Waals surface area contributed by atoms with E-state index in [0.717, 1.165) is 6.42 Å². The number of carbonyl (C=O) groups excluding carboxylic acids is 2. The Morgan fingerprint density at radius 2 is 1.94 bits per heavy atom. The Kier molecular flexibility index (Phi) is 5.41. The van der Waals surface area contributed by atoms with Crippen LogP contribution in [0.3, 0.4) is 0 Å². The van der Waals surface area contributed by atoms with Gasteiger partial charge in [-0.25, -0.2) is 4.79 Å². The predicted octanol–water partition coefficient (Wildman–Crippen LogP) is 2.13. The molecule has 0 bridgehead atoms. The van der Waals surface area contributed by atoms with Crippen molar-refractivity contribution in [3.8, 4) is 11.5 Å². The Balaban J connectivity index is 1.40. The van der Waals surface area contributed by atoms with Crippen LogP contribution in [-0.4, -0.2) is 46.4 Å². The van der Waals surface area contributed by atoms with Gasteiger partial charge in [0.05, 0.1) is 6.54 Å². The average molecular weight is 423 g/mol.